The summed E-state index contributed by atoms with van der Waals surface area (Å²) < 4.78 is 53.4. The Morgan fingerprint density at radius 2 is 1.65 bits per heavy atom. The highest BCUT2D eigenvalue weighted by molar-refractivity contribution is 5.77. The molecule has 0 fully saturated rings. The Bertz CT molecular complexity index is 734. The normalized spacial score (nSPS) is 10.9. The van der Waals surface area contributed by atoms with Gasteiger partial charge >= 0.3 is 6.18 Å². The Kier molecular flexibility index (Phi) is 6.71. The van der Waals surface area contributed by atoms with Crippen LogP contribution in [-0.4, -0.2) is 32.8 Å². The maximum absolute atomic E-state index is 12.6. The van der Waals surface area contributed by atoms with Gasteiger partial charge in [0.25, 0.3) is 5.91 Å². The van der Waals surface area contributed by atoms with Gasteiger partial charge in [0.05, 0.1) is 19.2 Å². The second kappa shape index (κ2) is 8.98. The van der Waals surface area contributed by atoms with E-state index in [1.807, 2.05) is 0 Å². The van der Waals surface area contributed by atoms with Crippen molar-refractivity contribution in [1.29, 1.82) is 0 Å². The quantitative estimate of drug-likeness (QED) is 0.726. The summed E-state index contributed by atoms with van der Waals surface area (Å²) in [6.07, 6.45) is -4.46. The molecule has 0 spiro atoms. The molecule has 0 aromatic heterocycles. The van der Waals surface area contributed by atoms with Crippen molar-refractivity contribution in [3.8, 4) is 17.2 Å². The van der Waals surface area contributed by atoms with Gasteiger partial charge in [-0.15, -0.1) is 0 Å². The number of hydrogen-bond acceptors (Lipinski definition) is 4. The van der Waals surface area contributed by atoms with Gasteiger partial charge in [-0.1, -0.05) is 12.1 Å². The zero-order chi connectivity index (χ0) is 19.0. The Hall–Kier alpha value is -2.90. The Balaban J connectivity index is 1.71. The molecule has 0 heterocycles. The molecule has 140 valence electrons. The van der Waals surface area contributed by atoms with Gasteiger partial charge in [-0.3, -0.25) is 4.79 Å². The van der Waals surface area contributed by atoms with Gasteiger partial charge < -0.3 is 19.5 Å². The molecule has 0 saturated carbocycles. The maximum atomic E-state index is 12.6. The lowest BCUT2D eigenvalue weighted by Crippen LogP contribution is -2.32. The lowest BCUT2D eigenvalue weighted by Gasteiger charge is -2.11. The zero-order valence-corrected chi connectivity index (χ0v) is 14.0. The van der Waals surface area contributed by atoms with Crippen molar-refractivity contribution in [2.45, 2.75) is 6.18 Å². The van der Waals surface area contributed by atoms with Crippen LogP contribution in [-0.2, 0) is 11.0 Å². The third kappa shape index (κ3) is 6.19. The number of rotatable bonds is 8. The highest BCUT2D eigenvalue weighted by Gasteiger charge is 2.30. The predicted octanol–water partition coefficient (Wildman–Crippen LogP) is 3.29. The van der Waals surface area contributed by atoms with Crippen molar-refractivity contribution in [3.63, 3.8) is 0 Å². The number of alkyl halides is 3. The lowest BCUT2D eigenvalue weighted by atomic mass is 10.2. The Labute approximate surface area is 148 Å². The molecule has 2 aromatic rings. The molecule has 0 unspecified atom stereocenters. The SMILES string of the molecule is COc1cccc(OCCNC(=O)COc2cccc(C(F)(F)F)c2)c1. The number of amides is 1. The van der Waals surface area contributed by atoms with Crippen LogP contribution < -0.4 is 19.5 Å². The highest BCUT2D eigenvalue weighted by Crippen LogP contribution is 2.31. The van der Waals surface area contributed by atoms with Crippen LogP contribution in [0.2, 0.25) is 0 Å². The van der Waals surface area contributed by atoms with Gasteiger partial charge in [0.15, 0.2) is 6.61 Å². The monoisotopic (exact) mass is 369 g/mol. The van der Waals surface area contributed by atoms with Crippen molar-refractivity contribution in [3.05, 3.63) is 54.1 Å². The van der Waals surface area contributed by atoms with E-state index in [1.54, 1.807) is 31.4 Å². The van der Waals surface area contributed by atoms with Crippen LogP contribution in [0.5, 0.6) is 17.2 Å². The van der Waals surface area contributed by atoms with Crippen molar-refractivity contribution in [2.24, 2.45) is 0 Å². The minimum Gasteiger partial charge on any atom is -0.497 e. The van der Waals surface area contributed by atoms with Crippen molar-refractivity contribution in [2.75, 3.05) is 26.9 Å². The zero-order valence-electron chi connectivity index (χ0n) is 14.0. The largest absolute Gasteiger partial charge is 0.497 e. The van der Waals surface area contributed by atoms with Gasteiger partial charge in [0.1, 0.15) is 23.9 Å². The molecule has 1 amide bonds. The molecule has 0 saturated heterocycles. The van der Waals surface area contributed by atoms with E-state index in [1.165, 1.54) is 12.1 Å². The van der Waals surface area contributed by atoms with E-state index in [9.17, 15) is 18.0 Å². The average molecular weight is 369 g/mol. The van der Waals surface area contributed by atoms with E-state index in [-0.39, 0.29) is 25.5 Å². The number of halogens is 3. The van der Waals surface area contributed by atoms with Gasteiger partial charge in [-0.2, -0.15) is 13.2 Å². The second-order valence-corrected chi connectivity index (χ2v) is 5.19. The first kappa shape index (κ1) is 19.4. The third-order valence-corrected chi connectivity index (χ3v) is 3.27. The number of carbonyl (C=O) groups excluding carboxylic acids is 1. The number of ether oxygens (including phenoxy) is 3. The number of methoxy groups -OCH3 is 1. The van der Waals surface area contributed by atoms with Crippen LogP contribution in [0.4, 0.5) is 13.2 Å². The smallest absolute Gasteiger partial charge is 0.416 e. The van der Waals surface area contributed by atoms with E-state index in [0.29, 0.717) is 11.5 Å². The number of nitrogens with one attached hydrogen (secondary N) is 1. The molecule has 26 heavy (non-hydrogen) atoms. The number of carbonyl (C=O) groups is 1. The molecule has 8 heteroatoms. The van der Waals surface area contributed by atoms with E-state index in [4.69, 9.17) is 14.2 Å². The molecular formula is C18H18F3NO4. The van der Waals surface area contributed by atoms with Crippen LogP contribution in [0.1, 0.15) is 5.56 Å². The van der Waals surface area contributed by atoms with Crippen LogP contribution in [0.15, 0.2) is 48.5 Å². The van der Waals surface area contributed by atoms with Crippen LogP contribution in [0.25, 0.3) is 0 Å². The Morgan fingerprint density at radius 1 is 1.00 bits per heavy atom. The fourth-order valence-electron chi connectivity index (χ4n) is 2.01. The lowest BCUT2D eigenvalue weighted by molar-refractivity contribution is -0.137. The molecule has 0 aliphatic heterocycles. The van der Waals surface area contributed by atoms with E-state index >= 15 is 0 Å². The van der Waals surface area contributed by atoms with E-state index in [0.717, 1.165) is 12.1 Å². The molecule has 0 aliphatic rings. The fraction of sp³-hybridized carbons (Fsp3) is 0.278. The average Bonchev–Trinajstić information content (AvgIpc) is 2.63. The molecule has 1 N–H and O–H groups in total. The summed E-state index contributed by atoms with van der Waals surface area (Å²) in [6.45, 7) is 0.0604. The van der Waals surface area contributed by atoms with Gasteiger partial charge in [-0.05, 0) is 30.3 Å². The van der Waals surface area contributed by atoms with Crippen molar-refractivity contribution < 1.29 is 32.2 Å². The molecule has 5 nitrogen and oxygen atoms in total. The molecular weight excluding hydrogens is 351 g/mol. The first-order valence-electron chi connectivity index (χ1n) is 7.72. The first-order chi connectivity index (χ1) is 12.4. The molecule has 2 rings (SSSR count). The number of hydrogen-bond donors (Lipinski definition) is 1. The third-order valence-electron chi connectivity index (χ3n) is 3.27. The molecule has 0 aliphatic carbocycles. The molecule has 0 radical (unpaired) electrons. The van der Waals surface area contributed by atoms with Gasteiger partial charge in [0, 0.05) is 6.07 Å². The van der Waals surface area contributed by atoms with E-state index in [2.05, 4.69) is 5.32 Å². The predicted molar refractivity (Wildman–Crippen MR) is 88.4 cm³/mol. The van der Waals surface area contributed by atoms with Crippen LogP contribution in [0.3, 0.4) is 0 Å². The van der Waals surface area contributed by atoms with Crippen molar-refractivity contribution in [1.82, 2.24) is 5.32 Å². The summed E-state index contributed by atoms with van der Waals surface area (Å²) in [5, 5.41) is 2.55. The summed E-state index contributed by atoms with van der Waals surface area (Å²) in [6, 6.07) is 11.4. The molecule has 0 bridgehead atoms. The van der Waals surface area contributed by atoms with Gasteiger partial charge in [0.2, 0.25) is 0 Å². The standard InChI is InChI=1S/C18H18F3NO4/c1-24-14-5-3-7-16(11-14)25-9-8-22-17(23)12-26-15-6-2-4-13(10-15)18(19,20)21/h2-7,10-11H,8-9,12H2,1H3,(H,22,23). The molecule has 2 aromatic carbocycles. The first-order valence-corrected chi connectivity index (χ1v) is 7.72. The summed E-state index contributed by atoms with van der Waals surface area (Å²) >= 11 is 0. The van der Waals surface area contributed by atoms with E-state index < -0.39 is 17.6 Å². The second-order valence-electron chi connectivity index (χ2n) is 5.19. The summed E-state index contributed by atoms with van der Waals surface area (Å²) in [5.41, 5.74) is -0.831. The Morgan fingerprint density at radius 3 is 2.35 bits per heavy atom. The summed E-state index contributed by atoms with van der Waals surface area (Å²) in [4.78, 5) is 11.7. The molecule has 0 atom stereocenters. The van der Waals surface area contributed by atoms with Crippen LogP contribution in [0, 0.1) is 0 Å². The summed E-state index contributed by atoms with van der Waals surface area (Å²) in [7, 11) is 1.55. The highest BCUT2D eigenvalue weighted by atomic mass is 19.4. The van der Waals surface area contributed by atoms with Crippen molar-refractivity contribution >= 4 is 5.91 Å². The van der Waals surface area contributed by atoms with Crippen LogP contribution >= 0.6 is 0 Å². The minimum atomic E-state index is -4.46. The van der Waals surface area contributed by atoms with Gasteiger partial charge in [-0.25, -0.2) is 0 Å². The number of benzene rings is 2. The maximum Gasteiger partial charge on any atom is 0.416 e. The minimum absolute atomic E-state index is 0.0254. The summed E-state index contributed by atoms with van der Waals surface area (Å²) in [5.74, 6) is 0.763. The topological polar surface area (TPSA) is 56.8 Å². The fourth-order valence-corrected chi connectivity index (χ4v) is 2.01.